The Bertz CT molecular complexity index is 1100. The summed E-state index contributed by atoms with van der Waals surface area (Å²) in [5.74, 6) is 1.43. The fraction of sp³-hybridized carbons (Fsp3) is 0.167. The number of thioether (sulfide) groups is 1. The first-order valence-electron chi connectivity index (χ1n) is 9.44. The lowest BCUT2D eigenvalue weighted by atomic mass is 10.0. The van der Waals surface area contributed by atoms with Gasteiger partial charge in [0.1, 0.15) is 0 Å². The van der Waals surface area contributed by atoms with Crippen molar-refractivity contribution >= 4 is 27.7 Å². The van der Waals surface area contributed by atoms with E-state index in [1.54, 1.807) is 11.8 Å². The summed E-state index contributed by atoms with van der Waals surface area (Å²) in [6.45, 7) is 4.22. The maximum absolute atomic E-state index is 5.92. The number of aryl methyl sites for hydroxylation is 2. The van der Waals surface area contributed by atoms with Gasteiger partial charge in [0, 0.05) is 10.2 Å². The summed E-state index contributed by atoms with van der Waals surface area (Å²) in [6, 6.07) is 23.1. The van der Waals surface area contributed by atoms with E-state index in [1.807, 2.05) is 6.07 Å². The van der Waals surface area contributed by atoms with Crippen LogP contribution in [-0.2, 0) is 12.2 Å². The largest absolute Gasteiger partial charge is 0.416 e. The summed E-state index contributed by atoms with van der Waals surface area (Å²) < 4.78 is 7.02. The van der Waals surface area contributed by atoms with Gasteiger partial charge in [0.15, 0.2) is 0 Å². The molecule has 4 rings (SSSR count). The lowest BCUT2D eigenvalue weighted by Gasteiger charge is -2.09. The molecule has 0 N–H and O–H groups in total. The number of aromatic nitrogens is 2. The minimum Gasteiger partial charge on any atom is -0.416 e. The molecule has 0 amide bonds. The van der Waals surface area contributed by atoms with Gasteiger partial charge in [0.05, 0.1) is 6.42 Å². The molecule has 0 aliphatic rings. The smallest absolute Gasteiger partial charge is 0.276 e. The van der Waals surface area contributed by atoms with Crippen LogP contribution in [0.1, 0.15) is 28.1 Å². The Morgan fingerprint density at radius 2 is 1.59 bits per heavy atom. The molecule has 0 spiro atoms. The Labute approximate surface area is 183 Å². The average molecular weight is 465 g/mol. The molecule has 0 atom stereocenters. The third-order valence-corrected chi connectivity index (χ3v) is 6.22. The second-order valence-electron chi connectivity index (χ2n) is 6.97. The van der Waals surface area contributed by atoms with Gasteiger partial charge in [-0.05, 0) is 59.4 Å². The number of halogens is 1. The summed E-state index contributed by atoms with van der Waals surface area (Å²) in [6.07, 6.45) is 0.652. The van der Waals surface area contributed by atoms with Crippen LogP contribution in [-0.4, -0.2) is 10.2 Å². The van der Waals surface area contributed by atoms with E-state index in [1.165, 1.54) is 33.4 Å². The summed E-state index contributed by atoms with van der Waals surface area (Å²) >= 11 is 5.12. The van der Waals surface area contributed by atoms with E-state index in [9.17, 15) is 0 Å². The van der Waals surface area contributed by atoms with E-state index in [0.29, 0.717) is 17.5 Å². The summed E-state index contributed by atoms with van der Waals surface area (Å²) in [5, 5.41) is 9.11. The first kappa shape index (κ1) is 19.9. The number of hydrogen-bond donors (Lipinski definition) is 0. The second-order valence-corrected chi connectivity index (χ2v) is 8.81. The van der Waals surface area contributed by atoms with E-state index in [0.717, 1.165) is 10.2 Å². The number of hydrogen-bond acceptors (Lipinski definition) is 4. The highest BCUT2D eigenvalue weighted by Gasteiger charge is 2.13. The van der Waals surface area contributed by atoms with Gasteiger partial charge in [-0.25, -0.2) is 0 Å². The van der Waals surface area contributed by atoms with Gasteiger partial charge < -0.3 is 4.42 Å². The van der Waals surface area contributed by atoms with Crippen LogP contribution < -0.4 is 0 Å². The van der Waals surface area contributed by atoms with Crippen molar-refractivity contribution in [3.63, 3.8) is 0 Å². The first-order chi connectivity index (χ1) is 14.1. The Balaban J connectivity index is 1.48. The van der Waals surface area contributed by atoms with Crippen LogP contribution in [0.15, 0.2) is 80.8 Å². The quantitative estimate of drug-likeness (QED) is 0.288. The molecule has 0 bridgehead atoms. The Morgan fingerprint density at radius 1 is 0.897 bits per heavy atom. The van der Waals surface area contributed by atoms with Gasteiger partial charge >= 0.3 is 0 Å². The molecule has 3 nitrogen and oxygen atoms in total. The van der Waals surface area contributed by atoms with E-state index >= 15 is 0 Å². The predicted molar refractivity (Wildman–Crippen MR) is 122 cm³/mol. The lowest BCUT2D eigenvalue weighted by molar-refractivity contribution is 0.420. The summed E-state index contributed by atoms with van der Waals surface area (Å²) in [4.78, 5) is 0. The molecule has 29 heavy (non-hydrogen) atoms. The maximum atomic E-state index is 5.92. The molecule has 0 aliphatic heterocycles. The maximum Gasteiger partial charge on any atom is 0.276 e. The van der Waals surface area contributed by atoms with Gasteiger partial charge in [-0.1, -0.05) is 82.3 Å². The zero-order chi connectivity index (χ0) is 20.2. The van der Waals surface area contributed by atoms with Gasteiger partial charge in [0.25, 0.3) is 5.22 Å². The van der Waals surface area contributed by atoms with Crippen molar-refractivity contribution in [3.8, 4) is 11.1 Å². The minimum absolute atomic E-state index is 0.607. The summed E-state index contributed by atoms with van der Waals surface area (Å²) in [7, 11) is 0. The van der Waals surface area contributed by atoms with E-state index in [2.05, 4.69) is 101 Å². The normalized spacial score (nSPS) is 11.0. The van der Waals surface area contributed by atoms with Crippen molar-refractivity contribution in [2.45, 2.75) is 31.2 Å². The average Bonchev–Trinajstić information content (AvgIpc) is 3.17. The Hall–Kier alpha value is -2.37. The van der Waals surface area contributed by atoms with Crippen LogP contribution >= 0.6 is 27.7 Å². The van der Waals surface area contributed by atoms with Crippen molar-refractivity contribution in [2.75, 3.05) is 0 Å². The lowest BCUT2D eigenvalue weighted by Crippen LogP contribution is -1.96. The SMILES string of the molecule is Cc1cc(Br)cc(C)c1Cc1nnc(SCc2ccccc2-c2ccccc2)o1. The van der Waals surface area contributed by atoms with Gasteiger partial charge in [-0.15, -0.1) is 10.2 Å². The second kappa shape index (κ2) is 8.97. The third-order valence-electron chi connectivity index (χ3n) is 4.89. The zero-order valence-corrected chi connectivity index (χ0v) is 18.8. The fourth-order valence-electron chi connectivity index (χ4n) is 3.42. The van der Waals surface area contributed by atoms with Crippen molar-refractivity contribution in [2.24, 2.45) is 0 Å². The Morgan fingerprint density at radius 3 is 2.34 bits per heavy atom. The van der Waals surface area contributed by atoms with E-state index in [-0.39, 0.29) is 0 Å². The number of benzene rings is 3. The zero-order valence-electron chi connectivity index (χ0n) is 16.4. The van der Waals surface area contributed by atoms with Gasteiger partial charge in [-0.2, -0.15) is 0 Å². The summed E-state index contributed by atoms with van der Waals surface area (Å²) in [5.41, 5.74) is 7.39. The van der Waals surface area contributed by atoms with Crippen LogP contribution in [0.4, 0.5) is 0 Å². The Kier molecular flexibility index (Phi) is 6.16. The molecular formula is C24H21BrN2OS. The van der Waals surface area contributed by atoms with E-state index in [4.69, 9.17) is 4.42 Å². The fourth-order valence-corrected chi connectivity index (χ4v) is 4.89. The first-order valence-corrected chi connectivity index (χ1v) is 11.2. The molecule has 0 aliphatic carbocycles. The van der Waals surface area contributed by atoms with Crippen molar-refractivity contribution in [1.29, 1.82) is 0 Å². The highest BCUT2D eigenvalue weighted by Crippen LogP contribution is 2.30. The number of nitrogens with zero attached hydrogens (tertiary/aromatic N) is 2. The standard InChI is InChI=1S/C24H21BrN2OS/c1-16-12-20(25)13-17(2)22(16)14-23-26-27-24(28-23)29-15-19-10-6-7-11-21(19)18-8-4-3-5-9-18/h3-13H,14-15H2,1-2H3. The van der Waals surface area contributed by atoms with Crippen LogP contribution in [0.25, 0.3) is 11.1 Å². The highest BCUT2D eigenvalue weighted by molar-refractivity contribution is 9.10. The van der Waals surface area contributed by atoms with E-state index < -0.39 is 0 Å². The topological polar surface area (TPSA) is 38.9 Å². The molecule has 1 heterocycles. The van der Waals surface area contributed by atoms with Crippen LogP contribution in [0.2, 0.25) is 0 Å². The van der Waals surface area contributed by atoms with Crippen LogP contribution in [0, 0.1) is 13.8 Å². The molecule has 0 unspecified atom stereocenters. The molecule has 1 aromatic heterocycles. The molecule has 4 aromatic rings. The molecule has 146 valence electrons. The van der Waals surface area contributed by atoms with Crippen molar-refractivity contribution in [3.05, 3.63) is 99.3 Å². The molecule has 0 radical (unpaired) electrons. The molecule has 0 fully saturated rings. The van der Waals surface area contributed by atoms with Crippen molar-refractivity contribution in [1.82, 2.24) is 10.2 Å². The monoisotopic (exact) mass is 464 g/mol. The molecule has 0 saturated heterocycles. The highest BCUT2D eigenvalue weighted by atomic mass is 79.9. The van der Waals surface area contributed by atoms with Crippen LogP contribution in [0.3, 0.4) is 0 Å². The number of rotatable bonds is 6. The molecular weight excluding hydrogens is 444 g/mol. The minimum atomic E-state index is 0.607. The molecule has 5 heteroatoms. The molecule has 0 saturated carbocycles. The van der Waals surface area contributed by atoms with Crippen LogP contribution in [0.5, 0.6) is 0 Å². The van der Waals surface area contributed by atoms with Gasteiger partial charge in [-0.3, -0.25) is 0 Å². The third kappa shape index (κ3) is 4.80. The molecule has 3 aromatic carbocycles. The van der Waals surface area contributed by atoms with Crippen molar-refractivity contribution < 1.29 is 4.42 Å². The van der Waals surface area contributed by atoms with Gasteiger partial charge in [0.2, 0.25) is 5.89 Å². The predicted octanol–water partition coefficient (Wildman–Crippen LogP) is 7.00.